The summed E-state index contributed by atoms with van der Waals surface area (Å²) in [5.74, 6) is 0.0438. The Bertz CT molecular complexity index is 1320. The Morgan fingerprint density at radius 1 is 0.938 bits per heavy atom. The smallest absolute Gasteiger partial charge is 0.226 e. The Morgan fingerprint density at radius 3 is 2.47 bits per heavy atom. The molecular formula is C27H23N3OS. The van der Waals surface area contributed by atoms with Crippen LogP contribution in [0.3, 0.4) is 0 Å². The van der Waals surface area contributed by atoms with E-state index < -0.39 is 0 Å². The lowest BCUT2D eigenvalue weighted by atomic mass is 9.91. The highest BCUT2D eigenvalue weighted by molar-refractivity contribution is 7.13. The van der Waals surface area contributed by atoms with Gasteiger partial charge in [0.05, 0.1) is 12.1 Å². The zero-order valence-electron chi connectivity index (χ0n) is 17.5. The summed E-state index contributed by atoms with van der Waals surface area (Å²) >= 11 is 1.57. The van der Waals surface area contributed by atoms with Crippen LogP contribution < -0.4 is 5.32 Å². The normalized spacial score (nSPS) is 12.0. The summed E-state index contributed by atoms with van der Waals surface area (Å²) in [7, 11) is 0. The van der Waals surface area contributed by atoms with Crippen molar-refractivity contribution in [2.75, 3.05) is 6.54 Å². The number of aromatic nitrogens is 2. The predicted octanol–water partition coefficient (Wildman–Crippen LogP) is 5.78. The summed E-state index contributed by atoms with van der Waals surface area (Å²) < 4.78 is 0. The van der Waals surface area contributed by atoms with Crippen LogP contribution in [0.25, 0.3) is 21.5 Å². The topological polar surface area (TPSA) is 57.8 Å². The zero-order valence-corrected chi connectivity index (χ0v) is 18.3. The second-order valence-corrected chi connectivity index (χ2v) is 8.60. The summed E-state index contributed by atoms with van der Waals surface area (Å²) in [6.07, 6.45) is 2.33. The van der Waals surface area contributed by atoms with Gasteiger partial charge in [0, 0.05) is 40.5 Å². The molecule has 158 valence electrons. The van der Waals surface area contributed by atoms with Crippen molar-refractivity contribution in [1.29, 1.82) is 0 Å². The summed E-state index contributed by atoms with van der Waals surface area (Å²) in [5.41, 5.74) is 5.35. The van der Waals surface area contributed by atoms with E-state index >= 15 is 0 Å². The fourth-order valence-corrected chi connectivity index (χ4v) is 4.85. The van der Waals surface area contributed by atoms with Crippen LogP contribution in [0.2, 0.25) is 0 Å². The standard InChI is InChI=1S/C27H23N3OS/c31-26(15-21-18-32-27(30-21)20-11-5-2-6-12-20)29-16-23(19-9-3-1-4-10-19)24-17-28-25-14-8-7-13-22(24)25/h1-14,17-18,23,28H,15-16H2,(H,29,31). The van der Waals surface area contributed by atoms with Crippen molar-refractivity contribution in [3.8, 4) is 10.6 Å². The highest BCUT2D eigenvalue weighted by Crippen LogP contribution is 2.30. The maximum Gasteiger partial charge on any atom is 0.226 e. The molecule has 0 saturated carbocycles. The average molecular weight is 438 g/mol. The van der Waals surface area contributed by atoms with Gasteiger partial charge in [-0.05, 0) is 17.2 Å². The second-order valence-electron chi connectivity index (χ2n) is 7.74. The van der Waals surface area contributed by atoms with E-state index in [4.69, 9.17) is 0 Å². The summed E-state index contributed by atoms with van der Waals surface area (Å²) in [4.78, 5) is 20.8. The van der Waals surface area contributed by atoms with Gasteiger partial charge in [-0.25, -0.2) is 4.98 Å². The van der Waals surface area contributed by atoms with Crippen molar-refractivity contribution in [2.45, 2.75) is 12.3 Å². The highest BCUT2D eigenvalue weighted by Gasteiger charge is 2.19. The van der Waals surface area contributed by atoms with Crippen molar-refractivity contribution >= 4 is 28.1 Å². The van der Waals surface area contributed by atoms with Gasteiger partial charge in [-0.3, -0.25) is 4.79 Å². The number of para-hydroxylation sites is 1. The van der Waals surface area contributed by atoms with Crippen LogP contribution in [0.4, 0.5) is 0 Å². The number of nitrogens with one attached hydrogen (secondary N) is 2. The predicted molar refractivity (Wildman–Crippen MR) is 131 cm³/mol. The Kier molecular flexibility index (Phi) is 5.81. The number of carbonyl (C=O) groups is 1. The Labute approximate surface area is 191 Å². The van der Waals surface area contributed by atoms with Gasteiger partial charge >= 0.3 is 0 Å². The number of H-pyrrole nitrogens is 1. The van der Waals surface area contributed by atoms with Crippen LogP contribution >= 0.6 is 11.3 Å². The van der Waals surface area contributed by atoms with Crippen LogP contribution in [0, 0.1) is 0 Å². The molecule has 0 aliphatic carbocycles. The molecule has 0 fully saturated rings. The molecule has 5 heteroatoms. The molecule has 32 heavy (non-hydrogen) atoms. The van der Waals surface area contributed by atoms with E-state index in [1.807, 2.05) is 66.0 Å². The van der Waals surface area contributed by atoms with Gasteiger partial charge < -0.3 is 10.3 Å². The zero-order chi connectivity index (χ0) is 21.8. The van der Waals surface area contributed by atoms with Crippen LogP contribution in [0.15, 0.2) is 96.5 Å². The van der Waals surface area contributed by atoms with E-state index in [0.717, 1.165) is 21.8 Å². The molecule has 1 amide bonds. The van der Waals surface area contributed by atoms with Gasteiger partial charge in [-0.15, -0.1) is 11.3 Å². The maximum atomic E-state index is 12.8. The number of aromatic amines is 1. The molecule has 5 rings (SSSR count). The molecule has 4 nitrogen and oxygen atoms in total. The minimum Gasteiger partial charge on any atom is -0.361 e. The SMILES string of the molecule is O=C(Cc1csc(-c2ccccc2)n1)NCC(c1ccccc1)c1c[nH]c2ccccc12. The third-order valence-electron chi connectivity index (χ3n) is 5.62. The fourth-order valence-electron chi connectivity index (χ4n) is 4.02. The first-order valence-electron chi connectivity index (χ1n) is 10.7. The van der Waals surface area contributed by atoms with Crippen molar-refractivity contribution in [1.82, 2.24) is 15.3 Å². The number of nitrogens with zero attached hydrogens (tertiary/aromatic N) is 1. The molecule has 0 aliphatic rings. The van der Waals surface area contributed by atoms with E-state index in [-0.39, 0.29) is 18.2 Å². The monoisotopic (exact) mass is 437 g/mol. The molecule has 0 bridgehead atoms. The molecule has 1 atom stereocenters. The number of amides is 1. The molecule has 3 aromatic carbocycles. The first kappa shape index (κ1) is 20.2. The van der Waals surface area contributed by atoms with Gasteiger partial charge in [0.1, 0.15) is 5.01 Å². The number of thiazole rings is 1. The summed E-state index contributed by atoms with van der Waals surface area (Å²) in [6.45, 7) is 0.528. The first-order chi connectivity index (χ1) is 15.8. The van der Waals surface area contributed by atoms with Crippen LogP contribution in [0.5, 0.6) is 0 Å². The van der Waals surface area contributed by atoms with Gasteiger partial charge in [0.15, 0.2) is 0 Å². The van der Waals surface area contributed by atoms with E-state index in [2.05, 4.69) is 45.7 Å². The van der Waals surface area contributed by atoms with Gasteiger partial charge in [-0.1, -0.05) is 78.9 Å². The van der Waals surface area contributed by atoms with Crippen LogP contribution in [-0.2, 0) is 11.2 Å². The molecule has 2 N–H and O–H groups in total. The molecule has 5 aromatic rings. The molecule has 0 saturated heterocycles. The summed E-state index contributed by atoms with van der Waals surface area (Å²) in [5, 5.41) is 7.23. The lowest BCUT2D eigenvalue weighted by Gasteiger charge is -2.18. The van der Waals surface area contributed by atoms with Gasteiger partial charge in [-0.2, -0.15) is 0 Å². The molecule has 0 spiro atoms. The summed E-state index contributed by atoms with van der Waals surface area (Å²) in [6, 6.07) is 28.7. The molecule has 0 radical (unpaired) electrons. The molecule has 2 aromatic heterocycles. The van der Waals surface area contributed by atoms with Crippen LogP contribution in [-0.4, -0.2) is 22.4 Å². The minimum atomic E-state index is -0.0179. The van der Waals surface area contributed by atoms with E-state index in [1.54, 1.807) is 11.3 Å². The molecular weight excluding hydrogens is 414 g/mol. The number of fused-ring (bicyclic) bond motifs is 1. The van der Waals surface area contributed by atoms with Crippen LogP contribution in [0.1, 0.15) is 22.7 Å². The molecule has 2 heterocycles. The van der Waals surface area contributed by atoms with Crippen molar-refractivity contribution < 1.29 is 4.79 Å². The number of rotatable bonds is 7. The second kappa shape index (κ2) is 9.20. The lowest BCUT2D eigenvalue weighted by Crippen LogP contribution is -2.30. The van der Waals surface area contributed by atoms with Crippen molar-refractivity contribution in [3.63, 3.8) is 0 Å². The Balaban J connectivity index is 1.32. The first-order valence-corrected chi connectivity index (χ1v) is 11.5. The molecule has 1 unspecified atom stereocenters. The maximum absolute atomic E-state index is 12.8. The lowest BCUT2D eigenvalue weighted by molar-refractivity contribution is -0.120. The van der Waals surface area contributed by atoms with Gasteiger partial charge in [0.2, 0.25) is 5.91 Å². The van der Waals surface area contributed by atoms with Gasteiger partial charge in [0.25, 0.3) is 0 Å². The van der Waals surface area contributed by atoms with Crippen molar-refractivity contribution in [3.05, 3.63) is 113 Å². The van der Waals surface area contributed by atoms with E-state index in [1.165, 1.54) is 16.5 Å². The van der Waals surface area contributed by atoms with E-state index in [0.29, 0.717) is 6.54 Å². The van der Waals surface area contributed by atoms with Crippen molar-refractivity contribution in [2.24, 2.45) is 0 Å². The third-order valence-corrected chi connectivity index (χ3v) is 6.56. The quantitative estimate of drug-likeness (QED) is 0.339. The number of hydrogen-bond acceptors (Lipinski definition) is 3. The number of carbonyl (C=O) groups excluding carboxylic acids is 1. The average Bonchev–Trinajstić information content (AvgIpc) is 3.48. The Hall–Kier alpha value is -3.70. The highest BCUT2D eigenvalue weighted by atomic mass is 32.1. The minimum absolute atomic E-state index is 0.0179. The third kappa shape index (κ3) is 4.34. The molecule has 0 aliphatic heterocycles. The van der Waals surface area contributed by atoms with E-state index in [9.17, 15) is 4.79 Å². The fraction of sp³-hybridized carbons (Fsp3) is 0.111. The Morgan fingerprint density at radius 2 is 1.66 bits per heavy atom. The number of hydrogen-bond donors (Lipinski definition) is 2. The largest absolute Gasteiger partial charge is 0.361 e. The number of benzene rings is 3.